The predicted octanol–water partition coefficient (Wildman–Crippen LogP) is 4.53. The fourth-order valence-corrected chi connectivity index (χ4v) is 3.45. The van der Waals surface area contributed by atoms with E-state index in [2.05, 4.69) is 12.1 Å². The Bertz CT molecular complexity index is 966. The Morgan fingerprint density at radius 2 is 1.07 bits per heavy atom. The van der Waals surface area contributed by atoms with Gasteiger partial charge in [-0.3, -0.25) is 14.4 Å². The van der Waals surface area contributed by atoms with Crippen molar-refractivity contribution in [3.8, 4) is 0 Å². The van der Waals surface area contributed by atoms with Crippen LogP contribution >= 0.6 is 0 Å². The van der Waals surface area contributed by atoms with Gasteiger partial charge >= 0.3 is 0 Å². The van der Waals surface area contributed by atoms with Gasteiger partial charge in [-0.05, 0) is 29.5 Å². The zero-order chi connectivity index (χ0) is 20.1. The lowest BCUT2D eigenvalue weighted by Gasteiger charge is -2.14. The molecule has 2 amide bonds. The van der Waals surface area contributed by atoms with E-state index in [1.807, 2.05) is 78.9 Å². The summed E-state index contributed by atoms with van der Waals surface area (Å²) in [6.45, 7) is 0.288. The second kappa shape index (κ2) is 8.67. The molecule has 4 nitrogen and oxygen atoms in total. The van der Waals surface area contributed by atoms with Crippen LogP contribution in [0.2, 0.25) is 0 Å². The van der Waals surface area contributed by atoms with Gasteiger partial charge in [0.1, 0.15) is 0 Å². The van der Waals surface area contributed by atoms with Crippen LogP contribution in [-0.2, 0) is 20.8 Å². The topological polar surface area (TPSA) is 46.6 Å². The lowest BCUT2D eigenvalue weighted by molar-refractivity contribution is -0.184. The Labute approximate surface area is 170 Å². The van der Waals surface area contributed by atoms with Gasteiger partial charge in [-0.2, -0.15) is 0 Å². The molecular formula is C25H21NO3. The number of amides is 2. The van der Waals surface area contributed by atoms with E-state index in [-0.39, 0.29) is 6.61 Å². The number of aryl methyl sites for hydroxylation is 1. The average molecular weight is 383 g/mol. The molecule has 3 aromatic rings. The Morgan fingerprint density at radius 1 is 0.621 bits per heavy atom. The molecule has 1 aliphatic heterocycles. The van der Waals surface area contributed by atoms with E-state index in [0.29, 0.717) is 28.7 Å². The lowest BCUT2D eigenvalue weighted by Crippen LogP contribution is -2.32. The molecule has 4 heteroatoms. The van der Waals surface area contributed by atoms with Crippen molar-refractivity contribution in [3.63, 3.8) is 0 Å². The molecule has 0 bridgehead atoms. The highest BCUT2D eigenvalue weighted by Crippen LogP contribution is 2.35. The molecule has 0 saturated heterocycles. The molecule has 0 saturated carbocycles. The van der Waals surface area contributed by atoms with E-state index in [0.717, 1.165) is 11.5 Å². The van der Waals surface area contributed by atoms with Crippen LogP contribution in [-0.4, -0.2) is 23.5 Å². The van der Waals surface area contributed by atoms with Gasteiger partial charge in [-0.25, -0.2) is 0 Å². The molecule has 0 unspecified atom stereocenters. The largest absolute Gasteiger partial charge is 0.286 e. The highest BCUT2D eigenvalue weighted by Gasteiger charge is 2.40. The van der Waals surface area contributed by atoms with Crippen molar-refractivity contribution in [1.29, 1.82) is 0 Å². The molecule has 0 aliphatic carbocycles. The fraction of sp³-hybridized carbons (Fsp3) is 0.120. The first kappa shape index (κ1) is 18.8. The molecule has 0 fully saturated rings. The van der Waals surface area contributed by atoms with Crippen molar-refractivity contribution in [2.45, 2.75) is 12.8 Å². The maximum Gasteiger partial charge on any atom is 0.286 e. The summed E-state index contributed by atoms with van der Waals surface area (Å²) < 4.78 is 0. The number of imide groups is 1. The molecule has 0 atom stereocenters. The summed E-state index contributed by atoms with van der Waals surface area (Å²) in [5.74, 6) is -0.834. The smallest absolute Gasteiger partial charge is 0.266 e. The second-order valence-corrected chi connectivity index (χ2v) is 6.81. The number of carbonyl (C=O) groups is 2. The number of nitrogens with zero attached hydrogens (tertiary/aromatic N) is 1. The molecule has 4 rings (SSSR count). The van der Waals surface area contributed by atoms with Crippen LogP contribution in [0.25, 0.3) is 11.1 Å². The number of hydroxylamine groups is 2. The number of hydrogen-bond acceptors (Lipinski definition) is 3. The quantitative estimate of drug-likeness (QED) is 0.445. The SMILES string of the molecule is O=C1C(c2ccccc2)=C(c2ccccc2)C(=O)N1OCCCc1ccccc1. The molecule has 0 radical (unpaired) electrons. The summed E-state index contributed by atoms with van der Waals surface area (Å²) in [7, 11) is 0. The summed E-state index contributed by atoms with van der Waals surface area (Å²) in [4.78, 5) is 31.8. The first-order valence-electron chi connectivity index (χ1n) is 9.66. The minimum absolute atomic E-state index is 0.288. The van der Waals surface area contributed by atoms with Crippen LogP contribution in [0.1, 0.15) is 23.1 Å². The zero-order valence-corrected chi connectivity index (χ0v) is 16.0. The molecule has 1 aliphatic rings. The van der Waals surface area contributed by atoms with Gasteiger partial charge in [0.05, 0.1) is 17.8 Å². The van der Waals surface area contributed by atoms with Crippen molar-refractivity contribution in [1.82, 2.24) is 5.06 Å². The number of hydrogen-bond donors (Lipinski definition) is 0. The van der Waals surface area contributed by atoms with E-state index in [4.69, 9.17) is 4.84 Å². The van der Waals surface area contributed by atoms with Gasteiger partial charge in [-0.15, -0.1) is 5.06 Å². The number of rotatable bonds is 7. The van der Waals surface area contributed by atoms with Gasteiger partial charge < -0.3 is 0 Å². The standard InChI is InChI=1S/C25H21NO3/c27-24-22(20-14-6-2-7-15-20)23(21-16-8-3-9-17-21)25(28)26(24)29-18-10-13-19-11-4-1-5-12-19/h1-9,11-12,14-17H,10,13,18H2. The van der Waals surface area contributed by atoms with Crippen LogP contribution in [0.3, 0.4) is 0 Å². The molecule has 0 aromatic heterocycles. The normalized spacial score (nSPS) is 14.0. The van der Waals surface area contributed by atoms with E-state index in [1.165, 1.54) is 5.56 Å². The summed E-state index contributed by atoms with van der Waals surface area (Å²) in [6.07, 6.45) is 1.53. The lowest BCUT2D eigenvalue weighted by atomic mass is 9.96. The maximum absolute atomic E-state index is 13.1. The van der Waals surface area contributed by atoms with E-state index >= 15 is 0 Å². The highest BCUT2D eigenvalue weighted by molar-refractivity contribution is 6.48. The van der Waals surface area contributed by atoms with Gasteiger partial charge in [0.2, 0.25) is 0 Å². The predicted molar refractivity (Wildman–Crippen MR) is 112 cm³/mol. The van der Waals surface area contributed by atoms with Gasteiger partial charge in [-0.1, -0.05) is 91.0 Å². The van der Waals surface area contributed by atoms with Crippen molar-refractivity contribution in [2.24, 2.45) is 0 Å². The van der Waals surface area contributed by atoms with Gasteiger partial charge in [0, 0.05) is 0 Å². The van der Waals surface area contributed by atoms with Crippen LogP contribution in [0.15, 0.2) is 91.0 Å². The summed E-state index contributed by atoms with van der Waals surface area (Å²) in [5.41, 5.74) is 3.37. The Balaban J connectivity index is 1.54. The van der Waals surface area contributed by atoms with Crippen LogP contribution < -0.4 is 0 Å². The van der Waals surface area contributed by atoms with Crippen LogP contribution in [0.5, 0.6) is 0 Å². The molecule has 144 valence electrons. The Hall–Kier alpha value is -3.50. The molecule has 0 spiro atoms. The third kappa shape index (κ3) is 4.03. The van der Waals surface area contributed by atoms with Crippen molar-refractivity contribution in [3.05, 3.63) is 108 Å². The van der Waals surface area contributed by atoms with Crippen LogP contribution in [0.4, 0.5) is 0 Å². The fourth-order valence-electron chi connectivity index (χ4n) is 3.45. The van der Waals surface area contributed by atoms with Crippen LogP contribution in [0, 0.1) is 0 Å². The summed E-state index contributed by atoms with van der Waals surface area (Å²) in [5, 5.41) is 0.912. The molecule has 29 heavy (non-hydrogen) atoms. The van der Waals surface area contributed by atoms with Crippen molar-refractivity contribution >= 4 is 23.0 Å². The first-order chi connectivity index (χ1) is 14.3. The number of carbonyl (C=O) groups excluding carboxylic acids is 2. The second-order valence-electron chi connectivity index (χ2n) is 6.81. The van der Waals surface area contributed by atoms with Crippen molar-refractivity contribution < 1.29 is 14.4 Å². The third-order valence-electron chi connectivity index (χ3n) is 4.84. The minimum atomic E-state index is -0.417. The Morgan fingerprint density at radius 3 is 1.55 bits per heavy atom. The van der Waals surface area contributed by atoms with Gasteiger partial charge in [0.25, 0.3) is 11.8 Å². The minimum Gasteiger partial charge on any atom is -0.266 e. The summed E-state index contributed by atoms with van der Waals surface area (Å²) in [6, 6.07) is 28.6. The zero-order valence-electron chi connectivity index (χ0n) is 16.0. The van der Waals surface area contributed by atoms with Crippen molar-refractivity contribution in [2.75, 3.05) is 6.61 Å². The highest BCUT2D eigenvalue weighted by atomic mass is 16.7. The molecule has 0 N–H and O–H groups in total. The van der Waals surface area contributed by atoms with Gasteiger partial charge in [0.15, 0.2) is 0 Å². The van der Waals surface area contributed by atoms with E-state index < -0.39 is 11.8 Å². The first-order valence-corrected chi connectivity index (χ1v) is 9.66. The average Bonchev–Trinajstić information content (AvgIpc) is 3.03. The Kier molecular flexibility index (Phi) is 5.63. The van der Waals surface area contributed by atoms with E-state index in [1.54, 1.807) is 0 Å². The molecular weight excluding hydrogens is 362 g/mol. The molecule has 1 heterocycles. The third-order valence-corrected chi connectivity index (χ3v) is 4.84. The summed E-state index contributed by atoms with van der Waals surface area (Å²) >= 11 is 0. The van der Waals surface area contributed by atoms with E-state index in [9.17, 15) is 9.59 Å². The monoisotopic (exact) mass is 383 g/mol. The number of benzene rings is 3. The maximum atomic E-state index is 13.1. The molecule has 3 aromatic carbocycles.